The van der Waals surface area contributed by atoms with Crippen LogP contribution in [-0.4, -0.2) is 53.5 Å². The van der Waals surface area contributed by atoms with Crippen LogP contribution in [0.3, 0.4) is 0 Å². The summed E-state index contributed by atoms with van der Waals surface area (Å²) in [6.45, 7) is 1.30. The fraction of sp³-hybridized carbons (Fsp3) is 0.667. The van der Waals surface area contributed by atoms with Crippen LogP contribution in [0.4, 0.5) is 4.79 Å². The first-order valence-electron chi connectivity index (χ1n) is 7.84. The van der Waals surface area contributed by atoms with Gasteiger partial charge < -0.3 is 19.7 Å². The predicted octanol–water partition coefficient (Wildman–Crippen LogP) is 1.59. The number of ether oxygens (including phenoxy) is 2. The molecule has 2 fully saturated rings. The monoisotopic (exact) mass is 306 g/mol. The van der Waals surface area contributed by atoms with Gasteiger partial charge in [-0.05, 0) is 12.8 Å². The number of aromatic nitrogens is 2. The number of methoxy groups -OCH3 is 1. The van der Waals surface area contributed by atoms with Crippen LogP contribution in [0.2, 0.25) is 0 Å². The van der Waals surface area contributed by atoms with Gasteiger partial charge in [-0.25, -0.2) is 4.79 Å². The summed E-state index contributed by atoms with van der Waals surface area (Å²) >= 11 is 0. The van der Waals surface area contributed by atoms with E-state index < -0.39 is 0 Å². The maximum Gasteiger partial charge on any atom is 0.317 e. The Morgan fingerprint density at radius 3 is 2.64 bits per heavy atom. The molecular weight excluding hydrogens is 284 g/mol. The lowest BCUT2D eigenvalue weighted by molar-refractivity contribution is 0.179. The summed E-state index contributed by atoms with van der Waals surface area (Å²) in [4.78, 5) is 14.0. The van der Waals surface area contributed by atoms with Gasteiger partial charge in [0.05, 0.1) is 13.7 Å². The number of hydrogen-bond donors (Lipinski definition) is 1. The number of amides is 2. The van der Waals surface area contributed by atoms with Crippen LogP contribution in [0.1, 0.15) is 32.1 Å². The van der Waals surface area contributed by atoms with E-state index in [0.29, 0.717) is 30.9 Å². The molecule has 1 saturated heterocycles. The Balaban J connectivity index is 1.47. The summed E-state index contributed by atoms with van der Waals surface area (Å²) in [7, 11) is 1.54. The second-order valence-electron chi connectivity index (χ2n) is 5.82. The zero-order chi connectivity index (χ0) is 15.4. The Bertz CT molecular complexity index is 502. The fourth-order valence-corrected chi connectivity index (χ4v) is 3.00. The van der Waals surface area contributed by atoms with E-state index in [1.165, 1.54) is 12.8 Å². The minimum atomic E-state index is -0.0305. The second-order valence-corrected chi connectivity index (χ2v) is 5.82. The fourth-order valence-electron chi connectivity index (χ4n) is 3.00. The molecule has 120 valence electrons. The highest BCUT2D eigenvalue weighted by molar-refractivity contribution is 5.74. The van der Waals surface area contributed by atoms with Gasteiger partial charge in [0.1, 0.15) is 6.10 Å². The summed E-state index contributed by atoms with van der Waals surface area (Å²) in [5, 5.41) is 10.9. The van der Waals surface area contributed by atoms with E-state index in [0.717, 1.165) is 19.3 Å². The van der Waals surface area contributed by atoms with E-state index in [1.54, 1.807) is 19.2 Å². The number of likely N-dealkylation sites (tertiary alicyclic amines) is 1. The Hall–Kier alpha value is -2.05. The van der Waals surface area contributed by atoms with Gasteiger partial charge in [-0.2, -0.15) is 0 Å². The molecule has 22 heavy (non-hydrogen) atoms. The van der Waals surface area contributed by atoms with E-state index in [9.17, 15) is 4.79 Å². The minimum Gasteiger partial charge on any atom is -0.480 e. The van der Waals surface area contributed by atoms with Crippen LogP contribution in [0.25, 0.3) is 0 Å². The third-order valence-corrected chi connectivity index (χ3v) is 4.23. The molecule has 0 aromatic carbocycles. The third kappa shape index (κ3) is 3.58. The standard InChI is InChI=1S/C15H22N4O3/c1-21-13-6-7-14(18-17-13)22-12-8-9-19(10-12)15(20)16-11-4-2-3-5-11/h6-7,11-12H,2-5,8-10H2,1H3,(H,16,20). The van der Waals surface area contributed by atoms with E-state index in [1.807, 2.05) is 4.90 Å². The maximum absolute atomic E-state index is 12.2. The molecule has 1 aromatic heterocycles. The average Bonchev–Trinajstić information content (AvgIpc) is 3.20. The van der Waals surface area contributed by atoms with Crippen molar-refractivity contribution in [3.8, 4) is 11.8 Å². The zero-order valence-corrected chi connectivity index (χ0v) is 12.8. The van der Waals surface area contributed by atoms with E-state index in [2.05, 4.69) is 15.5 Å². The molecule has 2 aliphatic rings. The summed E-state index contributed by atoms with van der Waals surface area (Å²) in [5.74, 6) is 0.917. The number of nitrogens with zero attached hydrogens (tertiary/aromatic N) is 3. The highest BCUT2D eigenvalue weighted by Gasteiger charge is 2.29. The van der Waals surface area contributed by atoms with Crippen LogP contribution < -0.4 is 14.8 Å². The molecule has 1 aromatic rings. The quantitative estimate of drug-likeness (QED) is 0.914. The van der Waals surface area contributed by atoms with Crippen LogP contribution in [-0.2, 0) is 0 Å². The minimum absolute atomic E-state index is 0.0267. The van der Waals surface area contributed by atoms with Gasteiger partial charge >= 0.3 is 6.03 Å². The third-order valence-electron chi connectivity index (χ3n) is 4.23. The second kappa shape index (κ2) is 6.81. The number of hydrogen-bond acceptors (Lipinski definition) is 5. The van der Waals surface area contributed by atoms with Crippen LogP contribution in [0.15, 0.2) is 12.1 Å². The lowest BCUT2D eigenvalue weighted by Gasteiger charge is -2.20. The lowest BCUT2D eigenvalue weighted by Crippen LogP contribution is -2.43. The van der Waals surface area contributed by atoms with Crippen LogP contribution in [0.5, 0.6) is 11.8 Å². The molecule has 3 rings (SSSR count). The molecule has 1 aliphatic carbocycles. The number of nitrogens with one attached hydrogen (secondary N) is 1. The van der Waals surface area contributed by atoms with Crippen LogP contribution >= 0.6 is 0 Å². The summed E-state index contributed by atoms with van der Waals surface area (Å²) in [5.41, 5.74) is 0. The topological polar surface area (TPSA) is 76.6 Å². The number of rotatable bonds is 4. The molecule has 0 radical (unpaired) electrons. The summed E-state index contributed by atoms with van der Waals surface area (Å²) < 4.78 is 10.7. The van der Waals surface area contributed by atoms with Crippen molar-refractivity contribution in [2.45, 2.75) is 44.2 Å². The highest BCUT2D eigenvalue weighted by Crippen LogP contribution is 2.20. The SMILES string of the molecule is COc1ccc(OC2CCN(C(=O)NC3CCCC3)C2)nn1. The first-order chi connectivity index (χ1) is 10.7. The van der Waals surface area contributed by atoms with Crippen molar-refractivity contribution >= 4 is 6.03 Å². The smallest absolute Gasteiger partial charge is 0.317 e. The largest absolute Gasteiger partial charge is 0.480 e. The van der Waals surface area contributed by atoms with Gasteiger partial charge in [0, 0.05) is 31.1 Å². The lowest BCUT2D eigenvalue weighted by atomic mass is 10.2. The van der Waals surface area contributed by atoms with Crippen molar-refractivity contribution in [3.05, 3.63) is 12.1 Å². The molecule has 2 heterocycles. The first kappa shape index (κ1) is 14.9. The molecule has 1 atom stereocenters. The highest BCUT2D eigenvalue weighted by atomic mass is 16.5. The van der Waals surface area contributed by atoms with E-state index >= 15 is 0 Å². The Labute approximate surface area is 130 Å². The molecule has 1 unspecified atom stereocenters. The van der Waals surface area contributed by atoms with Gasteiger partial charge in [0.25, 0.3) is 0 Å². The molecule has 1 N–H and O–H groups in total. The van der Waals surface area contributed by atoms with E-state index in [4.69, 9.17) is 9.47 Å². The Morgan fingerprint density at radius 2 is 1.95 bits per heavy atom. The molecule has 0 bridgehead atoms. The van der Waals surface area contributed by atoms with Gasteiger partial charge in [0.2, 0.25) is 11.8 Å². The van der Waals surface area contributed by atoms with Crippen molar-refractivity contribution in [2.24, 2.45) is 0 Å². The molecule has 2 amide bonds. The average molecular weight is 306 g/mol. The van der Waals surface area contributed by atoms with Crippen LogP contribution in [0, 0.1) is 0 Å². The normalized spacial score (nSPS) is 21.9. The number of urea groups is 1. The van der Waals surface area contributed by atoms with Gasteiger partial charge in [-0.15, -0.1) is 10.2 Å². The predicted molar refractivity (Wildman–Crippen MR) is 80.0 cm³/mol. The Morgan fingerprint density at radius 1 is 1.23 bits per heavy atom. The molecule has 7 heteroatoms. The molecule has 7 nitrogen and oxygen atoms in total. The molecule has 1 saturated carbocycles. The van der Waals surface area contributed by atoms with Crippen molar-refractivity contribution in [3.63, 3.8) is 0 Å². The number of carbonyl (C=O) groups is 1. The molecule has 1 aliphatic heterocycles. The first-order valence-corrected chi connectivity index (χ1v) is 7.84. The van der Waals surface area contributed by atoms with Crippen molar-refractivity contribution in [1.29, 1.82) is 0 Å². The van der Waals surface area contributed by atoms with Gasteiger partial charge in [-0.1, -0.05) is 12.8 Å². The van der Waals surface area contributed by atoms with E-state index in [-0.39, 0.29) is 12.1 Å². The summed E-state index contributed by atoms with van der Waals surface area (Å²) in [6, 6.07) is 3.81. The zero-order valence-electron chi connectivity index (χ0n) is 12.8. The Kier molecular flexibility index (Phi) is 4.60. The van der Waals surface area contributed by atoms with Crippen molar-refractivity contribution in [1.82, 2.24) is 20.4 Å². The number of carbonyl (C=O) groups excluding carboxylic acids is 1. The van der Waals surface area contributed by atoms with Crippen molar-refractivity contribution < 1.29 is 14.3 Å². The molecule has 0 spiro atoms. The van der Waals surface area contributed by atoms with Crippen molar-refractivity contribution in [2.75, 3.05) is 20.2 Å². The summed E-state index contributed by atoms with van der Waals surface area (Å²) in [6.07, 6.45) is 5.41. The maximum atomic E-state index is 12.2. The van der Waals surface area contributed by atoms with Gasteiger partial charge in [-0.3, -0.25) is 0 Å². The van der Waals surface area contributed by atoms with Gasteiger partial charge in [0.15, 0.2) is 0 Å². The molecular formula is C15H22N4O3.